The summed E-state index contributed by atoms with van der Waals surface area (Å²) in [6.07, 6.45) is 3.59. The lowest BCUT2D eigenvalue weighted by Gasteiger charge is -2.16. The molecular formula is C25H17FN4O2. The Kier molecular flexibility index (Phi) is 4.88. The molecule has 2 heterocycles. The summed E-state index contributed by atoms with van der Waals surface area (Å²) in [5.41, 5.74) is 3.39. The average Bonchev–Trinajstić information content (AvgIpc) is 3.45. The number of rotatable bonds is 5. The van der Waals surface area contributed by atoms with Crippen molar-refractivity contribution < 1.29 is 13.9 Å². The molecule has 7 heteroatoms. The first kappa shape index (κ1) is 19.5. The van der Waals surface area contributed by atoms with E-state index in [0.29, 0.717) is 24.4 Å². The zero-order chi connectivity index (χ0) is 22.1. The van der Waals surface area contributed by atoms with Gasteiger partial charge in [-0.15, -0.1) is 0 Å². The molecule has 0 bridgehead atoms. The molecule has 0 saturated carbocycles. The zero-order valence-corrected chi connectivity index (χ0v) is 16.9. The number of nitrogens with zero attached hydrogens (tertiary/aromatic N) is 4. The highest BCUT2D eigenvalue weighted by atomic mass is 19.1. The van der Waals surface area contributed by atoms with Gasteiger partial charge in [0.2, 0.25) is 0 Å². The fraction of sp³-hybridized carbons (Fsp3) is 0.0800. The maximum absolute atomic E-state index is 14.3. The van der Waals surface area contributed by atoms with Crippen molar-refractivity contribution in [2.45, 2.75) is 13.1 Å². The van der Waals surface area contributed by atoms with Crippen LogP contribution in [0.5, 0.6) is 11.5 Å². The van der Waals surface area contributed by atoms with Gasteiger partial charge in [0.05, 0.1) is 22.9 Å². The molecule has 1 aliphatic rings. The molecule has 0 radical (unpaired) electrons. The Labute approximate surface area is 183 Å². The van der Waals surface area contributed by atoms with Gasteiger partial charge in [0.15, 0.2) is 11.6 Å². The molecule has 156 valence electrons. The molecule has 0 unspecified atom stereocenters. The van der Waals surface area contributed by atoms with Crippen molar-refractivity contribution in [3.63, 3.8) is 0 Å². The van der Waals surface area contributed by atoms with Crippen molar-refractivity contribution in [3.05, 3.63) is 107 Å². The fourth-order valence-electron chi connectivity index (χ4n) is 3.77. The lowest BCUT2D eigenvalue weighted by atomic mass is 10.1. The standard InChI is InChI=1S/C25H17FN4O2/c26-21-13-18(14-27)7-10-22(21)32-23-4-1-3-19-16-29(25(31)24(19)23)15-17-5-8-20(9-6-17)30-12-2-11-28-30/h1-13H,15-16H2. The number of carbonyl (C=O) groups is 1. The normalized spacial score (nSPS) is 12.5. The summed E-state index contributed by atoms with van der Waals surface area (Å²) < 4.78 is 21.8. The van der Waals surface area contributed by atoms with E-state index in [4.69, 9.17) is 10.00 Å². The van der Waals surface area contributed by atoms with E-state index in [2.05, 4.69) is 5.10 Å². The summed E-state index contributed by atoms with van der Waals surface area (Å²) >= 11 is 0. The molecule has 0 atom stereocenters. The quantitative estimate of drug-likeness (QED) is 0.460. The van der Waals surface area contributed by atoms with Gasteiger partial charge in [0, 0.05) is 25.5 Å². The minimum atomic E-state index is -0.652. The van der Waals surface area contributed by atoms with Crippen molar-refractivity contribution in [3.8, 4) is 23.3 Å². The SMILES string of the molecule is N#Cc1ccc(Oc2cccc3c2C(=O)N(Cc2ccc(-n4cccn4)cc2)C3)c(F)c1. The second-order valence-electron chi connectivity index (χ2n) is 7.43. The van der Waals surface area contributed by atoms with E-state index in [1.165, 1.54) is 12.1 Å². The van der Waals surface area contributed by atoms with Crippen LogP contribution in [0.3, 0.4) is 0 Å². The Hall–Kier alpha value is -4.44. The number of halogens is 1. The van der Waals surface area contributed by atoms with E-state index in [-0.39, 0.29) is 17.2 Å². The van der Waals surface area contributed by atoms with Gasteiger partial charge >= 0.3 is 0 Å². The minimum absolute atomic E-state index is 0.0298. The number of carbonyl (C=O) groups excluding carboxylic acids is 1. The van der Waals surface area contributed by atoms with Crippen molar-refractivity contribution >= 4 is 5.91 Å². The Morgan fingerprint density at radius 2 is 1.91 bits per heavy atom. The van der Waals surface area contributed by atoms with E-state index in [1.807, 2.05) is 48.7 Å². The van der Waals surface area contributed by atoms with Gasteiger partial charge in [0.25, 0.3) is 5.91 Å². The zero-order valence-electron chi connectivity index (χ0n) is 16.9. The second kappa shape index (κ2) is 8.00. The van der Waals surface area contributed by atoms with Crippen LogP contribution in [0, 0.1) is 17.1 Å². The molecule has 1 amide bonds. The van der Waals surface area contributed by atoms with Crippen LogP contribution in [-0.4, -0.2) is 20.6 Å². The van der Waals surface area contributed by atoms with Crippen LogP contribution >= 0.6 is 0 Å². The van der Waals surface area contributed by atoms with Crippen LogP contribution in [0.1, 0.15) is 27.0 Å². The first-order valence-corrected chi connectivity index (χ1v) is 10.00. The summed E-state index contributed by atoms with van der Waals surface area (Å²) in [5.74, 6) is -0.549. The predicted octanol–water partition coefficient (Wildman–Crippen LogP) is 4.83. The molecule has 1 aliphatic heterocycles. The van der Waals surface area contributed by atoms with Gasteiger partial charge in [-0.1, -0.05) is 24.3 Å². The van der Waals surface area contributed by atoms with E-state index in [1.54, 1.807) is 27.9 Å². The highest BCUT2D eigenvalue weighted by molar-refractivity contribution is 6.01. The van der Waals surface area contributed by atoms with Gasteiger partial charge in [-0.3, -0.25) is 4.79 Å². The molecule has 0 aliphatic carbocycles. The Balaban J connectivity index is 1.36. The number of hydrogen-bond donors (Lipinski definition) is 0. The van der Waals surface area contributed by atoms with Crippen LogP contribution in [-0.2, 0) is 13.1 Å². The third-order valence-electron chi connectivity index (χ3n) is 5.33. The molecule has 1 aromatic heterocycles. The highest BCUT2D eigenvalue weighted by Gasteiger charge is 2.31. The lowest BCUT2D eigenvalue weighted by molar-refractivity contribution is 0.0765. The van der Waals surface area contributed by atoms with Crippen molar-refractivity contribution in [2.24, 2.45) is 0 Å². The molecule has 0 N–H and O–H groups in total. The largest absolute Gasteiger partial charge is 0.453 e. The molecule has 6 nitrogen and oxygen atoms in total. The molecule has 0 spiro atoms. The topological polar surface area (TPSA) is 71.2 Å². The van der Waals surface area contributed by atoms with Crippen LogP contribution in [0.25, 0.3) is 5.69 Å². The summed E-state index contributed by atoms with van der Waals surface area (Å²) in [4.78, 5) is 14.9. The number of amides is 1. The third kappa shape index (κ3) is 3.59. The third-order valence-corrected chi connectivity index (χ3v) is 5.33. The smallest absolute Gasteiger partial charge is 0.258 e. The van der Waals surface area contributed by atoms with Gasteiger partial charge in [-0.05, 0) is 53.6 Å². The van der Waals surface area contributed by atoms with E-state index in [0.717, 1.165) is 22.9 Å². The first-order chi connectivity index (χ1) is 15.6. The Morgan fingerprint density at radius 3 is 2.62 bits per heavy atom. The number of ether oxygens (including phenoxy) is 1. The average molecular weight is 424 g/mol. The van der Waals surface area contributed by atoms with Crippen molar-refractivity contribution in [2.75, 3.05) is 0 Å². The molecule has 3 aromatic carbocycles. The van der Waals surface area contributed by atoms with E-state index < -0.39 is 5.82 Å². The highest BCUT2D eigenvalue weighted by Crippen LogP contribution is 2.35. The molecule has 5 rings (SSSR count). The van der Waals surface area contributed by atoms with Gasteiger partial charge in [0.1, 0.15) is 5.75 Å². The summed E-state index contributed by atoms with van der Waals surface area (Å²) in [7, 11) is 0. The van der Waals surface area contributed by atoms with Gasteiger partial charge < -0.3 is 9.64 Å². The Bertz CT molecular complexity index is 1340. The number of hydrogen-bond acceptors (Lipinski definition) is 4. The number of benzene rings is 3. The summed E-state index contributed by atoms with van der Waals surface area (Å²) in [6, 6.07) is 20.9. The molecule has 32 heavy (non-hydrogen) atoms. The summed E-state index contributed by atoms with van der Waals surface area (Å²) in [6.45, 7) is 0.889. The van der Waals surface area contributed by atoms with Gasteiger partial charge in [-0.2, -0.15) is 10.4 Å². The van der Waals surface area contributed by atoms with Crippen molar-refractivity contribution in [1.82, 2.24) is 14.7 Å². The lowest BCUT2D eigenvalue weighted by Crippen LogP contribution is -2.23. The van der Waals surface area contributed by atoms with Crippen LogP contribution < -0.4 is 4.74 Å². The molecular weight excluding hydrogens is 407 g/mol. The molecule has 0 saturated heterocycles. The predicted molar refractivity (Wildman–Crippen MR) is 115 cm³/mol. The molecule has 4 aromatic rings. The van der Waals surface area contributed by atoms with Crippen LogP contribution in [0.4, 0.5) is 4.39 Å². The minimum Gasteiger partial charge on any atom is -0.453 e. The van der Waals surface area contributed by atoms with Gasteiger partial charge in [-0.25, -0.2) is 9.07 Å². The first-order valence-electron chi connectivity index (χ1n) is 10.00. The molecule has 0 fully saturated rings. The number of fused-ring (bicyclic) bond motifs is 1. The number of nitriles is 1. The maximum atomic E-state index is 14.3. The van der Waals surface area contributed by atoms with Crippen LogP contribution in [0.2, 0.25) is 0 Å². The van der Waals surface area contributed by atoms with Crippen LogP contribution in [0.15, 0.2) is 79.1 Å². The number of aromatic nitrogens is 2. The van der Waals surface area contributed by atoms with E-state index in [9.17, 15) is 9.18 Å². The summed E-state index contributed by atoms with van der Waals surface area (Å²) in [5, 5.41) is 13.1. The maximum Gasteiger partial charge on any atom is 0.258 e. The fourth-order valence-corrected chi connectivity index (χ4v) is 3.77. The monoisotopic (exact) mass is 424 g/mol. The second-order valence-corrected chi connectivity index (χ2v) is 7.43. The Morgan fingerprint density at radius 1 is 1.06 bits per heavy atom. The van der Waals surface area contributed by atoms with Crippen molar-refractivity contribution in [1.29, 1.82) is 5.26 Å². The van der Waals surface area contributed by atoms with E-state index >= 15 is 0 Å².